The van der Waals surface area contributed by atoms with Crippen molar-refractivity contribution >= 4 is 35.2 Å². The maximum atomic E-state index is 13.7. The number of piperidine rings is 1. The van der Waals surface area contributed by atoms with Crippen molar-refractivity contribution in [1.29, 1.82) is 0 Å². The summed E-state index contributed by atoms with van der Waals surface area (Å²) in [6, 6.07) is -0.435. The maximum Gasteiger partial charge on any atom is 0.416 e. The van der Waals surface area contributed by atoms with E-state index in [9.17, 15) is 49.9 Å². The molecule has 5 atom stereocenters. The Kier molecular flexibility index (Phi) is 8.00. The van der Waals surface area contributed by atoms with Gasteiger partial charge >= 0.3 is 12.4 Å². The van der Waals surface area contributed by atoms with Crippen LogP contribution in [0.2, 0.25) is 0 Å². The number of amides is 4. The summed E-state index contributed by atoms with van der Waals surface area (Å²) in [5.74, 6) is -5.07. The summed E-state index contributed by atoms with van der Waals surface area (Å²) in [4.78, 5) is 52.1. The predicted molar refractivity (Wildman–Crippen MR) is 128 cm³/mol. The molecular weight excluding hydrogens is 589 g/mol. The first kappa shape index (κ1) is 30.8. The Morgan fingerprint density at radius 3 is 2.20 bits per heavy atom. The van der Waals surface area contributed by atoms with Crippen LogP contribution >= 0.6 is 11.6 Å². The Balaban J connectivity index is 1.58. The minimum Gasteiger partial charge on any atom is -0.356 e. The number of benzene rings is 1. The minimum atomic E-state index is -5.11. The highest BCUT2D eigenvalue weighted by molar-refractivity contribution is 6.29. The van der Waals surface area contributed by atoms with Crippen LogP contribution in [0.4, 0.5) is 30.7 Å². The fourth-order valence-corrected chi connectivity index (χ4v) is 5.91. The van der Waals surface area contributed by atoms with Crippen LogP contribution < -0.4 is 10.7 Å². The monoisotopic (exact) mass is 614 g/mol. The SMILES string of the molecule is CC1(C)[C@@H]2[C@@H](C(=O)NN(C[C@@H]3CCNC3=O)C(=O)C(F)Cl)N(C(=O)Cc3cc(C(F)(F)F)cc(C(F)(F)F)c3)C[C@@H]21. The Hall–Kier alpha value is -3.10. The molecule has 1 aliphatic carbocycles. The van der Waals surface area contributed by atoms with E-state index in [1.54, 1.807) is 0 Å². The van der Waals surface area contributed by atoms with Crippen LogP contribution in [0.1, 0.15) is 37.0 Å². The van der Waals surface area contributed by atoms with E-state index in [4.69, 9.17) is 11.6 Å². The first-order chi connectivity index (χ1) is 18.8. The van der Waals surface area contributed by atoms with E-state index < -0.39 is 94.6 Å². The number of alkyl halides is 8. The summed E-state index contributed by atoms with van der Waals surface area (Å²) in [6.45, 7) is 3.50. The summed E-state index contributed by atoms with van der Waals surface area (Å²) < 4.78 is 93.5. The Morgan fingerprint density at radius 1 is 1.12 bits per heavy atom. The van der Waals surface area contributed by atoms with Gasteiger partial charge in [0.25, 0.3) is 17.4 Å². The Labute approximate surface area is 234 Å². The van der Waals surface area contributed by atoms with Crippen LogP contribution in [-0.4, -0.2) is 64.8 Å². The molecule has 2 aliphatic heterocycles. The molecule has 3 fully saturated rings. The average Bonchev–Trinajstić information content (AvgIpc) is 3.20. The second-order valence-corrected chi connectivity index (χ2v) is 11.4. The Morgan fingerprint density at radius 2 is 1.71 bits per heavy atom. The van der Waals surface area contributed by atoms with Crippen molar-refractivity contribution in [2.75, 3.05) is 19.6 Å². The van der Waals surface area contributed by atoms with Gasteiger partial charge in [-0.1, -0.05) is 25.4 Å². The number of carbonyl (C=O) groups is 4. The van der Waals surface area contributed by atoms with Gasteiger partial charge < -0.3 is 10.2 Å². The fourth-order valence-electron chi connectivity index (χ4n) is 5.79. The van der Waals surface area contributed by atoms with Gasteiger partial charge in [0.2, 0.25) is 11.8 Å². The van der Waals surface area contributed by atoms with Crippen molar-refractivity contribution < 1.29 is 49.9 Å². The van der Waals surface area contributed by atoms with Crippen LogP contribution in [0.5, 0.6) is 0 Å². The maximum absolute atomic E-state index is 13.7. The Bertz CT molecular complexity index is 1220. The van der Waals surface area contributed by atoms with E-state index in [0.29, 0.717) is 30.1 Å². The summed E-state index contributed by atoms with van der Waals surface area (Å²) in [7, 11) is 0. The van der Waals surface area contributed by atoms with Crippen molar-refractivity contribution in [3.05, 3.63) is 34.9 Å². The highest BCUT2D eigenvalue weighted by Crippen LogP contribution is 2.64. The standard InChI is InChI=1S/C25H26ClF7N4O4/c1-23(2)15-10-36(16(38)7-11-5-13(24(28,29)30)8-14(6-11)25(31,32)33)18(17(15)23)21(40)35-37(22(41)19(26)27)9-12-3-4-34-20(12)39/h5-6,8,12,15,17-19H,3-4,7,9-10H2,1-2H3,(H,34,39)(H,35,40)/t12-,15-,17-,18-,19?/m0/s1. The van der Waals surface area contributed by atoms with Crippen molar-refractivity contribution in [2.24, 2.45) is 23.2 Å². The molecule has 1 unspecified atom stereocenters. The normalized spacial score (nSPS) is 25.8. The molecule has 4 rings (SSSR count). The summed E-state index contributed by atoms with van der Waals surface area (Å²) in [5.41, 5.74) is -4.49. The van der Waals surface area contributed by atoms with Gasteiger partial charge in [0.05, 0.1) is 30.0 Å². The number of rotatable bonds is 6. The number of likely N-dealkylation sites (tertiary alicyclic amines) is 1. The lowest BCUT2D eigenvalue weighted by Gasteiger charge is -2.33. The van der Waals surface area contributed by atoms with E-state index in [1.165, 1.54) is 0 Å². The predicted octanol–water partition coefficient (Wildman–Crippen LogP) is 3.28. The van der Waals surface area contributed by atoms with Crippen molar-refractivity contribution in [3.8, 4) is 0 Å². The fraction of sp³-hybridized carbons (Fsp3) is 0.600. The molecule has 41 heavy (non-hydrogen) atoms. The van der Waals surface area contributed by atoms with E-state index in [2.05, 4.69) is 10.7 Å². The molecule has 2 heterocycles. The first-order valence-corrected chi connectivity index (χ1v) is 13.0. The molecule has 1 aromatic carbocycles. The van der Waals surface area contributed by atoms with Gasteiger partial charge in [-0.05, 0) is 47.4 Å². The van der Waals surface area contributed by atoms with Gasteiger partial charge in [-0.2, -0.15) is 26.3 Å². The van der Waals surface area contributed by atoms with E-state index in [0.717, 1.165) is 4.90 Å². The second-order valence-electron chi connectivity index (χ2n) is 11.0. The molecule has 0 aromatic heterocycles. The number of hydrogen-bond acceptors (Lipinski definition) is 4. The summed E-state index contributed by atoms with van der Waals surface area (Å²) in [6.07, 6.45) is -10.8. The molecule has 0 bridgehead atoms. The zero-order valence-corrected chi connectivity index (χ0v) is 22.5. The van der Waals surface area contributed by atoms with Gasteiger partial charge in [-0.25, -0.2) is 9.40 Å². The van der Waals surface area contributed by atoms with Crippen LogP contribution in [0.15, 0.2) is 18.2 Å². The highest BCUT2D eigenvalue weighted by atomic mass is 35.5. The van der Waals surface area contributed by atoms with Crippen LogP contribution in [0.25, 0.3) is 0 Å². The zero-order chi connectivity index (χ0) is 30.7. The van der Waals surface area contributed by atoms with E-state index in [-0.39, 0.29) is 18.5 Å². The van der Waals surface area contributed by atoms with Crippen molar-refractivity contribution in [1.82, 2.24) is 20.7 Å². The van der Waals surface area contributed by atoms with Gasteiger partial charge in [0, 0.05) is 13.1 Å². The largest absolute Gasteiger partial charge is 0.416 e. The molecule has 0 radical (unpaired) electrons. The van der Waals surface area contributed by atoms with Crippen LogP contribution in [-0.2, 0) is 38.0 Å². The second kappa shape index (κ2) is 10.6. The lowest BCUT2D eigenvalue weighted by atomic mass is 9.98. The summed E-state index contributed by atoms with van der Waals surface area (Å²) >= 11 is 5.29. The third-order valence-electron chi connectivity index (χ3n) is 8.06. The number of hydrazine groups is 1. The van der Waals surface area contributed by atoms with Crippen molar-refractivity contribution in [3.63, 3.8) is 0 Å². The lowest BCUT2D eigenvalue weighted by molar-refractivity contribution is -0.149. The molecule has 1 saturated carbocycles. The number of hydrogen-bond donors (Lipinski definition) is 2. The number of halogens is 8. The summed E-state index contributed by atoms with van der Waals surface area (Å²) in [5, 5.41) is 3.10. The number of fused-ring (bicyclic) bond motifs is 1. The molecule has 2 N–H and O–H groups in total. The van der Waals surface area contributed by atoms with Gasteiger partial charge in [0.1, 0.15) is 6.04 Å². The van der Waals surface area contributed by atoms with Gasteiger partial charge in [-0.3, -0.25) is 24.6 Å². The lowest BCUT2D eigenvalue weighted by Crippen LogP contribution is -2.57. The third kappa shape index (κ3) is 6.24. The molecule has 4 amide bonds. The van der Waals surface area contributed by atoms with E-state index in [1.807, 2.05) is 13.8 Å². The smallest absolute Gasteiger partial charge is 0.356 e. The molecule has 1 aromatic rings. The third-order valence-corrected chi connectivity index (χ3v) is 8.25. The number of nitrogens with zero attached hydrogens (tertiary/aromatic N) is 2. The quantitative estimate of drug-likeness (QED) is 0.292. The van der Waals surface area contributed by atoms with Gasteiger partial charge in [0.15, 0.2) is 0 Å². The number of carbonyl (C=O) groups excluding carboxylic acids is 4. The molecular formula is C25H26ClF7N4O4. The first-order valence-electron chi connectivity index (χ1n) is 12.6. The van der Waals surface area contributed by atoms with Crippen molar-refractivity contribution in [2.45, 2.75) is 50.7 Å². The minimum absolute atomic E-state index is 0.0140. The topological polar surface area (TPSA) is 98.8 Å². The molecule has 226 valence electrons. The van der Waals surface area contributed by atoms with Crippen LogP contribution in [0.3, 0.4) is 0 Å². The molecule has 16 heteroatoms. The molecule has 2 saturated heterocycles. The zero-order valence-electron chi connectivity index (χ0n) is 21.7. The average molecular weight is 615 g/mol. The highest BCUT2D eigenvalue weighted by Gasteiger charge is 2.69. The molecule has 0 spiro atoms. The van der Waals surface area contributed by atoms with Crippen LogP contribution in [0, 0.1) is 23.2 Å². The van der Waals surface area contributed by atoms with Gasteiger partial charge in [-0.15, -0.1) is 0 Å². The van der Waals surface area contributed by atoms with E-state index >= 15 is 0 Å². The number of nitrogens with one attached hydrogen (secondary N) is 2. The molecule has 8 nitrogen and oxygen atoms in total. The molecule has 3 aliphatic rings.